The second-order valence-corrected chi connectivity index (χ2v) is 7.89. The van der Waals surface area contributed by atoms with Gasteiger partial charge >= 0.3 is 0 Å². The molecule has 7 rings (SSSR count). The van der Waals surface area contributed by atoms with E-state index in [9.17, 15) is 14.0 Å². The number of H-pyrrole nitrogens is 1. The number of benzene rings is 3. The smallest absolute Gasteiger partial charge is 0.259 e. The maximum atomic E-state index is 14.5. The van der Waals surface area contributed by atoms with Crippen molar-refractivity contribution in [3.63, 3.8) is 0 Å². The zero-order chi connectivity index (χ0) is 19.4. The Hall–Kier alpha value is -3.67. The predicted octanol–water partition coefficient (Wildman–Crippen LogP) is 4.40. The van der Waals surface area contributed by atoms with Gasteiger partial charge in [0, 0.05) is 33.6 Å². The molecular weight excluding hydrogens is 369 g/mol. The van der Waals surface area contributed by atoms with Gasteiger partial charge in [0.1, 0.15) is 5.82 Å². The number of nitrogens with one attached hydrogen (secondary N) is 2. The topological polar surface area (TPSA) is 66.9 Å². The lowest BCUT2D eigenvalue weighted by Gasteiger charge is -2.16. The molecule has 140 valence electrons. The number of imide groups is 1. The van der Waals surface area contributed by atoms with Crippen molar-refractivity contribution in [2.45, 2.75) is 19.4 Å². The normalized spacial score (nSPS) is 15.8. The quantitative estimate of drug-likeness (QED) is 0.389. The van der Waals surface area contributed by atoms with Crippen LogP contribution in [-0.4, -0.2) is 21.4 Å². The largest absolute Gasteiger partial charge is 0.353 e. The Labute approximate surface area is 163 Å². The molecule has 0 saturated carbocycles. The number of halogens is 1. The zero-order valence-electron chi connectivity index (χ0n) is 15.2. The van der Waals surface area contributed by atoms with Crippen LogP contribution in [0, 0.1) is 5.82 Å². The van der Waals surface area contributed by atoms with E-state index in [1.165, 1.54) is 6.07 Å². The molecule has 29 heavy (non-hydrogen) atoms. The number of carbonyl (C=O) groups is 2. The summed E-state index contributed by atoms with van der Waals surface area (Å²) in [6.07, 6.45) is 1.70. The van der Waals surface area contributed by atoms with E-state index in [2.05, 4.69) is 14.9 Å². The van der Waals surface area contributed by atoms with E-state index < -0.39 is 11.8 Å². The van der Waals surface area contributed by atoms with Gasteiger partial charge in [-0.2, -0.15) is 0 Å². The van der Waals surface area contributed by atoms with Crippen molar-refractivity contribution in [1.29, 1.82) is 0 Å². The van der Waals surface area contributed by atoms with Crippen LogP contribution in [0.4, 0.5) is 4.39 Å². The highest BCUT2D eigenvalue weighted by Gasteiger charge is 2.36. The average molecular weight is 383 g/mol. The van der Waals surface area contributed by atoms with Crippen LogP contribution in [0.2, 0.25) is 0 Å². The fourth-order valence-corrected chi connectivity index (χ4v) is 5.41. The van der Waals surface area contributed by atoms with Crippen LogP contribution in [0.3, 0.4) is 0 Å². The Morgan fingerprint density at radius 1 is 0.931 bits per heavy atom. The number of fused-ring (bicyclic) bond motifs is 10. The van der Waals surface area contributed by atoms with Gasteiger partial charge in [0.25, 0.3) is 11.8 Å². The summed E-state index contributed by atoms with van der Waals surface area (Å²) < 4.78 is 16.7. The van der Waals surface area contributed by atoms with Crippen molar-refractivity contribution in [3.05, 3.63) is 58.9 Å². The lowest BCUT2D eigenvalue weighted by molar-refractivity contribution is 0.0880. The number of hydrogen-bond acceptors (Lipinski definition) is 2. The highest BCUT2D eigenvalue weighted by Crippen LogP contribution is 2.45. The van der Waals surface area contributed by atoms with Crippen LogP contribution >= 0.6 is 0 Å². The molecule has 5 aromatic rings. The first kappa shape index (κ1) is 15.3. The molecule has 2 aliphatic rings. The van der Waals surface area contributed by atoms with E-state index in [1.807, 2.05) is 24.3 Å². The van der Waals surface area contributed by atoms with E-state index in [1.54, 1.807) is 6.07 Å². The van der Waals surface area contributed by atoms with Gasteiger partial charge in [0.2, 0.25) is 0 Å². The van der Waals surface area contributed by atoms with E-state index in [0.717, 1.165) is 57.8 Å². The van der Waals surface area contributed by atoms with Crippen molar-refractivity contribution in [2.24, 2.45) is 0 Å². The molecule has 5 nitrogen and oxygen atoms in total. The molecule has 0 bridgehead atoms. The third-order valence-electron chi connectivity index (χ3n) is 6.40. The van der Waals surface area contributed by atoms with Crippen molar-refractivity contribution in [3.8, 4) is 0 Å². The van der Waals surface area contributed by atoms with Crippen LogP contribution in [-0.2, 0) is 13.0 Å². The summed E-state index contributed by atoms with van der Waals surface area (Å²) >= 11 is 0. The first-order valence-electron chi connectivity index (χ1n) is 9.70. The van der Waals surface area contributed by atoms with Crippen molar-refractivity contribution >= 4 is 55.4 Å². The van der Waals surface area contributed by atoms with Gasteiger partial charge < -0.3 is 9.55 Å². The van der Waals surface area contributed by atoms with E-state index >= 15 is 0 Å². The summed E-state index contributed by atoms with van der Waals surface area (Å²) in [5.41, 5.74) is 5.28. The van der Waals surface area contributed by atoms with Gasteiger partial charge in [-0.15, -0.1) is 0 Å². The third-order valence-corrected chi connectivity index (χ3v) is 6.40. The summed E-state index contributed by atoms with van der Waals surface area (Å²) in [5.74, 6) is -1.12. The van der Waals surface area contributed by atoms with Gasteiger partial charge in [0.05, 0.1) is 27.7 Å². The van der Waals surface area contributed by atoms with Crippen molar-refractivity contribution in [2.75, 3.05) is 0 Å². The molecule has 0 aliphatic carbocycles. The minimum absolute atomic E-state index is 0.316. The first-order valence-corrected chi connectivity index (χ1v) is 9.70. The molecule has 4 heterocycles. The molecule has 0 radical (unpaired) electrons. The van der Waals surface area contributed by atoms with Crippen LogP contribution in [0.5, 0.6) is 0 Å². The lowest BCUT2D eigenvalue weighted by atomic mass is 9.96. The minimum atomic E-state index is -0.411. The number of aryl methyl sites for hydroxylation is 2. The number of amides is 2. The maximum absolute atomic E-state index is 14.5. The number of hydrogen-bond donors (Lipinski definition) is 2. The summed E-state index contributed by atoms with van der Waals surface area (Å²) in [7, 11) is 0. The number of para-hydroxylation sites is 1. The summed E-state index contributed by atoms with van der Waals surface area (Å²) in [4.78, 5) is 29.2. The molecule has 2 amide bonds. The molecule has 0 saturated heterocycles. The molecule has 6 heteroatoms. The highest BCUT2D eigenvalue weighted by atomic mass is 19.1. The van der Waals surface area contributed by atoms with Crippen LogP contribution in [0.15, 0.2) is 36.4 Å². The van der Waals surface area contributed by atoms with Crippen LogP contribution < -0.4 is 5.32 Å². The minimum Gasteiger partial charge on any atom is -0.353 e. The molecule has 2 aliphatic heterocycles. The zero-order valence-corrected chi connectivity index (χ0v) is 15.2. The molecule has 0 unspecified atom stereocenters. The molecule has 2 N–H and O–H groups in total. The Morgan fingerprint density at radius 2 is 1.72 bits per heavy atom. The number of rotatable bonds is 0. The Bertz CT molecular complexity index is 1610. The second-order valence-electron chi connectivity index (χ2n) is 7.89. The third kappa shape index (κ3) is 1.67. The van der Waals surface area contributed by atoms with Gasteiger partial charge in [-0.3, -0.25) is 14.9 Å². The monoisotopic (exact) mass is 383 g/mol. The van der Waals surface area contributed by atoms with E-state index in [4.69, 9.17) is 0 Å². The van der Waals surface area contributed by atoms with E-state index in [0.29, 0.717) is 21.9 Å². The Kier molecular flexibility index (Phi) is 2.55. The molecule has 0 fully saturated rings. The van der Waals surface area contributed by atoms with Crippen LogP contribution in [0.1, 0.15) is 32.7 Å². The molecule has 0 spiro atoms. The van der Waals surface area contributed by atoms with Crippen molar-refractivity contribution < 1.29 is 14.0 Å². The number of aromatic amines is 1. The molecule has 3 aromatic carbocycles. The van der Waals surface area contributed by atoms with Crippen molar-refractivity contribution in [1.82, 2.24) is 14.9 Å². The number of aromatic nitrogens is 2. The number of carbonyl (C=O) groups excluding carboxylic acids is 2. The standard InChI is InChI=1S/C23H14FN3O2/c24-11-8-10-4-3-7-27-20(10)13(9-11)16-18-17(22(28)26-23(18)29)15-12-5-1-2-6-14(12)25-19(15)21(16)27/h1-2,5-6,8-9,25H,3-4,7H2,(H,26,28,29). The SMILES string of the molecule is O=C1NC(=O)c2c1c1c3ccccc3[nH]c1c1c2c2cc(F)cc3c2n1CCC3. The fourth-order valence-electron chi connectivity index (χ4n) is 5.41. The first-order chi connectivity index (χ1) is 14.1. The molecular formula is C23H14FN3O2. The van der Waals surface area contributed by atoms with Gasteiger partial charge in [-0.05, 0) is 36.6 Å². The van der Waals surface area contributed by atoms with Crippen LogP contribution in [0.25, 0.3) is 43.6 Å². The van der Waals surface area contributed by atoms with Gasteiger partial charge in [0.15, 0.2) is 0 Å². The highest BCUT2D eigenvalue weighted by molar-refractivity contribution is 6.39. The molecule has 0 atom stereocenters. The van der Waals surface area contributed by atoms with E-state index in [-0.39, 0.29) is 5.82 Å². The summed E-state index contributed by atoms with van der Waals surface area (Å²) in [6, 6.07) is 10.9. The Morgan fingerprint density at radius 3 is 2.59 bits per heavy atom. The second kappa shape index (κ2) is 4.84. The van der Waals surface area contributed by atoms with Gasteiger partial charge in [-0.1, -0.05) is 18.2 Å². The van der Waals surface area contributed by atoms with Gasteiger partial charge in [-0.25, -0.2) is 4.39 Å². The molecule has 2 aromatic heterocycles. The fraction of sp³-hybridized carbons (Fsp3) is 0.130. The summed E-state index contributed by atoms with van der Waals surface area (Å²) in [5, 5.41) is 5.51. The Balaban J connectivity index is 1.89. The number of nitrogens with zero attached hydrogens (tertiary/aromatic N) is 1. The lowest BCUT2D eigenvalue weighted by Crippen LogP contribution is -2.20. The maximum Gasteiger partial charge on any atom is 0.259 e. The summed E-state index contributed by atoms with van der Waals surface area (Å²) in [6.45, 7) is 0.789. The predicted molar refractivity (Wildman–Crippen MR) is 109 cm³/mol. The average Bonchev–Trinajstić information content (AvgIpc) is 3.33.